The molecule has 0 aliphatic carbocycles. The van der Waals surface area contributed by atoms with Gasteiger partial charge >= 0.3 is 0 Å². The normalized spacial score (nSPS) is 29.4. The van der Waals surface area contributed by atoms with Gasteiger partial charge in [0.1, 0.15) is 0 Å². The fourth-order valence-corrected chi connectivity index (χ4v) is 1.42. The van der Waals surface area contributed by atoms with Gasteiger partial charge in [0.15, 0.2) is 5.79 Å². The van der Waals surface area contributed by atoms with Gasteiger partial charge in [-0.3, -0.25) is 4.21 Å². The van der Waals surface area contributed by atoms with Crippen LogP contribution in [0.5, 0.6) is 0 Å². The first kappa shape index (κ1) is 5.21. The van der Waals surface area contributed by atoms with Crippen LogP contribution in [-0.2, 0) is 10.8 Å². The number of hydrogen-bond donors (Lipinski definition) is 2. The number of hydrogen-bond acceptors (Lipinski definition) is 3. The zero-order valence-corrected chi connectivity index (χ0v) is 4.44. The second-order valence-corrected chi connectivity index (χ2v) is 3.17. The van der Waals surface area contributed by atoms with Gasteiger partial charge in [-0.05, 0) is 0 Å². The first-order valence-corrected chi connectivity index (χ1v) is 3.39. The molecule has 0 amide bonds. The van der Waals surface area contributed by atoms with Gasteiger partial charge in [-0.25, -0.2) is 0 Å². The lowest BCUT2D eigenvalue weighted by Gasteiger charge is -2.28. The summed E-state index contributed by atoms with van der Waals surface area (Å²) in [5, 5.41) is 16.9. The van der Waals surface area contributed by atoms with Crippen LogP contribution in [0, 0.1) is 0 Å². The van der Waals surface area contributed by atoms with Crippen LogP contribution in [-0.4, -0.2) is 31.7 Å². The van der Waals surface area contributed by atoms with Crippen molar-refractivity contribution < 1.29 is 14.4 Å². The van der Waals surface area contributed by atoms with E-state index in [0.29, 0.717) is 0 Å². The van der Waals surface area contributed by atoms with Gasteiger partial charge in [-0.15, -0.1) is 0 Å². The Morgan fingerprint density at radius 1 is 1.43 bits per heavy atom. The Balaban J connectivity index is 2.43. The fraction of sp³-hybridized carbons (Fsp3) is 1.00. The van der Waals surface area contributed by atoms with Crippen LogP contribution in [0.3, 0.4) is 0 Å². The van der Waals surface area contributed by atoms with Crippen molar-refractivity contribution >= 4 is 10.8 Å². The summed E-state index contributed by atoms with van der Waals surface area (Å²) in [5.74, 6) is -1.56. The second kappa shape index (κ2) is 1.27. The minimum Gasteiger partial charge on any atom is -0.364 e. The van der Waals surface area contributed by atoms with E-state index >= 15 is 0 Å². The average Bonchev–Trinajstić information content (AvgIpc) is 1.27. The molecule has 0 aromatic carbocycles. The molecule has 1 aliphatic rings. The molecule has 1 rings (SSSR count). The number of rotatable bonds is 0. The minimum atomic E-state index is -1.61. The monoisotopic (exact) mass is 122 g/mol. The minimum absolute atomic E-state index is 0.0208. The Hall–Kier alpha value is 0.0700. The molecule has 4 heteroatoms. The highest BCUT2D eigenvalue weighted by Crippen LogP contribution is 2.14. The van der Waals surface area contributed by atoms with Crippen LogP contribution >= 0.6 is 0 Å². The molecule has 1 saturated heterocycles. The molecule has 3 nitrogen and oxygen atoms in total. The van der Waals surface area contributed by atoms with Gasteiger partial charge < -0.3 is 10.2 Å². The van der Waals surface area contributed by atoms with E-state index in [4.69, 9.17) is 10.2 Å². The standard InChI is InChI=1S/C3H6O3S/c4-3(5)1-7(6)2-3/h4-5H,1-2H2. The van der Waals surface area contributed by atoms with E-state index in [-0.39, 0.29) is 11.5 Å². The average molecular weight is 122 g/mol. The van der Waals surface area contributed by atoms with Crippen molar-refractivity contribution in [2.24, 2.45) is 0 Å². The smallest absolute Gasteiger partial charge is 0.186 e. The van der Waals surface area contributed by atoms with Crippen LogP contribution in [0.1, 0.15) is 0 Å². The van der Waals surface area contributed by atoms with Gasteiger partial charge in [0.25, 0.3) is 0 Å². The fourth-order valence-electron chi connectivity index (χ4n) is 0.473. The van der Waals surface area contributed by atoms with Crippen molar-refractivity contribution in [2.45, 2.75) is 5.79 Å². The van der Waals surface area contributed by atoms with E-state index in [2.05, 4.69) is 0 Å². The molecular weight excluding hydrogens is 116 g/mol. The summed E-state index contributed by atoms with van der Waals surface area (Å²) in [5.41, 5.74) is 0. The first-order valence-electron chi connectivity index (χ1n) is 1.90. The van der Waals surface area contributed by atoms with Gasteiger partial charge in [-0.1, -0.05) is 0 Å². The zero-order chi connectivity index (χ0) is 5.49. The van der Waals surface area contributed by atoms with Crippen LogP contribution in [0.15, 0.2) is 0 Å². The summed E-state index contributed by atoms with van der Waals surface area (Å²) >= 11 is 0. The third kappa shape index (κ3) is 0.992. The van der Waals surface area contributed by atoms with Crippen molar-refractivity contribution in [2.75, 3.05) is 11.5 Å². The molecule has 0 saturated carbocycles. The lowest BCUT2D eigenvalue weighted by atomic mass is 10.4. The van der Waals surface area contributed by atoms with Crippen LogP contribution in [0.25, 0.3) is 0 Å². The third-order valence-electron chi connectivity index (χ3n) is 0.784. The number of aliphatic hydroxyl groups is 2. The van der Waals surface area contributed by atoms with E-state index in [1.54, 1.807) is 0 Å². The van der Waals surface area contributed by atoms with Crippen molar-refractivity contribution in [3.05, 3.63) is 0 Å². The maximum Gasteiger partial charge on any atom is 0.186 e. The molecule has 0 unspecified atom stereocenters. The highest BCUT2D eigenvalue weighted by molar-refractivity contribution is 7.86. The Morgan fingerprint density at radius 2 is 1.86 bits per heavy atom. The zero-order valence-electron chi connectivity index (χ0n) is 3.63. The molecule has 42 valence electrons. The SMILES string of the molecule is O=S1CC(O)(O)C1. The highest BCUT2D eigenvalue weighted by Gasteiger charge is 2.38. The van der Waals surface area contributed by atoms with E-state index in [0.717, 1.165) is 0 Å². The Morgan fingerprint density at radius 3 is 1.86 bits per heavy atom. The van der Waals surface area contributed by atoms with Crippen LogP contribution in [0.2, 0.25) is 0 Å². The van der Waals surface area contributed by atoms with E-state index in [1.165, 1.54) is 0 Å². The lowest BCUT2D eigenvalue weighted by Crippen LogP contribution is -2.51. The van der Waals surface area contributed by atoms with Crippen molar-refractivity contribution in [3.63, 3.8) is 0 Å². The molecule has 1 fully saturated rings. The molecule has 0 aromatic rings. The molecule has 0 radical (unpaired) electrons. The maximum atomic E-state index is 10.1. The molecule has 0 atom stereocenters. The largest absolute Gasteiger partial charge is 0.364 e. The first-order chi connectivity index (χ1) is 3.10. The summed E-state index contributed by atoms with van der Waals surface area (Å²) in [7, 11) is -0.961. The molecule has 0 bridgehead atoms. The van der Waals surface area contributed by atoms with Gasteiger partial charge in [0.05, 0.1) is 11.5 Å². The van der Waals surface area contributed by atoms with Gasteiger partial charge in [0, 0.05) is 10.8 Å². The summed E-state index contributed by atoms with van der Waals surface area (Å²) < 4.78 is 10.1. The lowest BCUT2D eigenvalue weighted by molar-refractivity contribution is -0.130. The molecule has 7 heavy (non-hydrogen) atoms. The summed E-state index contributed by atoms with van der Waals surface area (Å²) in [6.07, 6.45) is 0. The highest BCUT2D eigenvalue weighted by atomic mass is 32.2. The Kier molecular flexibility index (Phi) is 0.948. The van der Waals surface area contributed by atoms with E-state index < -0.39 is 16.6 Å². The van der Waals surface area contributed by atoms with E-state index in [1.807, 2.05) is 0 Å². The van der Waals surface area contributed by atoms with Crippen molar-refractivity contribution in [1.82, 2.24) is 0 Å². The van der Waals surface area contributed by atoms with E-state index in [9.17, 15) is 4.21 Å². The summed E-state index contributed by atoms with van der Waals surface area (Å²) in [6, 6.07) is 0. The Labute approximate surface area is 43.4 Å². The van der Waals surface area contributed by atoms with Crippen LogP contribution < -0.4 is 0 Å². The molecule has 2 N–H and O–H groups in total. The molecule has 0 aromatic heterocycles. The summed E-state index contributed by atoms with van der Waals surface area (Å²) in [6.45, 7) is 0. The van der Waals surface area contributed by atoms with Crippen molar-refractivity contribution in [3.8, 4) is 0 Å². The van der Waals surface area contributed by atoms with Crippen molar-refractivity contribution in [1.29, 1.82) is 0 Å². The summed E-state index contributed by atoms with van der Waals surface area (Å²) in [4.78, 5) is 0. The molecular formula is C3H6O3S. The van der Waals surface area contributed by atoms with Gasteiger partial charge in [0.2, 0.25) is 0 Å². The Bertz CT molecular complexity index is 98.7. The predicted octanol–water partition coefficient (Wildman–Crippen LogP) is -1.57. The molecule has 0 spiro atoms. The molecule has 1 heterocycles. The molecule has 1 aliphatic heterocycles. The quantitative estimate of drug-likeness (QED) is 0.382. The van der Waals surface area contributed by atoms with Crippen LogP contribution in [0.4, 0.5) is 0 Å². The predicted molar refractivity (Wildman–Crippen MR) is 25.0 cm³/mol. The van der Waals surface area contributed by atoms with Gasteiger partial charge in [-0.2, -0.15) is 0 Å². The second-order valence-electron chi connectivity index (χ2n) is 1.71. The maximum absolute atomic E-state index is 10.1. The topological polar surface area (TPSA) is 57.5 Å². The third-order valence-corrected chi connectivity index (χ3v) is 2.35.